The van der Waals surface area contributed by atoms with Gasteiger partial charge in [0, 0.05) is 18.3 Å². The third-order valence-electron chi connectivity index (χ3n) is 3.50. The average molecular weight is 340 g/mol. The van der Waals surface area contributed by atoms with Crippen LogP contribution in [0.1, 0.15) is 15.9 Å². The molecular formula is C19H20N2O4. The summed E-state index contributed by atoms with van der Waals surface area (Å²) in [6.07, 6.45) is 0.705. The molecule has 0 aliphatic heterocycles. The van der Waals surface area contributed by atoms with Crippen molar-refractivity contribution >= 4 is 23.8 Å². The molecule has 2 rings (SSSR count). The van der Waals surface area contributed by atoms with Crippen molar-refractivity contribution in [2.24, 2.45) is 0 Å². The van der Waals surface area contributed by atoms with Crippen LogP contribution in [0.25, 0.3) is 0 Å². The van der Waals surface area contributed by atoms with Gasteiger partial charge in [0.15, 0.2) is 6.61 Å². The molecule has 0 fully saturated rings. The molecule has 6 heteroatoms. The summed E-state index contributed by atoms with van der Waals surface area (Å²) >= 11 is 0. The minimum atomic E-state index is -0.337. The molecule has 0 saturated carbocycles. The maximum atomic E-state index is 12.1. The standard InChI is InChI=1S/C19H20N2O4/c1-14-6-8-16(9-7-14)20-18(23)11-21(2)19(24)13-25-17-5-3-4-15(10-17)12-22/h3-10,12H,11,13H2,1-2H3,(H,20,23). The number of hydrogen-bond acceptors (Lipinski definition) is 4. The fraction of sp³-hybridized carbons (Fsp3) is 0.211. The van der Waals surface area contributed by atoms with Gasteiger partial charge >= 0.3 is 0 Å². The molecule has 2 aromatic rings. The van der Waals surface area contributed by atoms with Gasteiger partial charge < -0.3 is 15.0 Å². The van der Waals surface area contributed by atoms with Gasteiger partial charge in [-0.15, -0.1) is 0 Å². The van der Waals surface area contributed by atoms with Gasteiger partial charge in [-0.05, 0) is 31.2 Å². The van der Waals surface area contributed by atoms with Crippen LogP contribution in [0, 0.1) is 6.92 Å². The molecule has 0 aliphatic carbocycles. The van der Waals surface area contributed by atoms with Gasteiger partial charge in [0.2, 0.25) is 5.91 Å². The van der Waals surface area contributed by atoms with Crippen molar-refractivity contribution in [2.45, 2.75) is 6.92 Å². The van der Waals surface area contributed by atoms with E-state index in [0.29, 0.717) is 23.3 Å². The Bertz CT molecular complexity index is 756. The summed E-state index contributed by atoms with van der Waals surface area (Å²) in [6, 6.07) is 13.9. The van der Waals surface area contributed by atoms with Crippen LogP contribution in [0.5, 0.6) is 5.75 Å². The zero-order chi connectivity index (χ0) is 18.2. The van der Waals surface area contributed by atoms with Gasteiger partial charge in [0.25, 0.3) is 5.91 Å². The van der Waals surface area contributed by atoms with E-state index in [0.717, 1.165) is 5.56 Å². The Hall–Kier alpha value is -3.15. The molecule has 0 aliphatic rings. The van der Waals surface area contributed by atoms with Crippen molar-refractivity contribution in [2.75, 3.05) is 25.5 Å². The summed E-state index contributed by atoms with van der Waals surface area (Å²) in [7, 11) is 1.53. The molecule has 0 saturated heterocycles. The van der Waals surface area contributed by atoms with E-state index in [1.165, 1.54) is 11.9 Å². The van der Waals surface area contributed by atoms with Crippen LogP contribution in [-0.2, 0) is 9.59 Å². The van der Waals surface area contributed by atoms with Crippen LogP contribution in [0.2, 0.25) is 0 Å². The first-order valence-corrected chi connectivity index (χ1v) is 7.76. The first kappa shape index (κ1) is 18.2. The quantitative estimate of drug-likeness (QED) is 0.785. The van der Waals surface area contributed by atoms with E-state index in [1.54, 1.807) is 36.4 Å². The highest BCUT2D eigenvalue weighted by Crippen LogP contribution is 2.12. The molecule has 0 radical (unpaired) electrons. The molecule has 0 heterocycles. The minimum absolute atomic E-state index is 0.0789. The highest BCUT2D eigenvalue weighted by atomic mass is 16.5. The number of aryl methyl sites for hydroxylation is 1. The minimum Gasteiger partial charge on any atom is -0.484 e. The number of rotatable bonds is 7. The number of benzene rings is 2. The number of anilines is 1. The molecule has 0 atom stereocenters. The number of nitrogens with zero attached hydrogens (tertiary/aromatic N) is 1. The summed E-state index contributed by atoms with van der Waals surface area (Å²) in [4.78, 5) is 36.0. The van der Waals surface area contributed by atoms with E-state index in [2.05, 4.69) is 5.32 Å². The Morgan fingerprint density at radius 2 is 1.88 bits per heavy atom. The zero-order valence-electron chi connectivity index (χ0n) is 14.2. The Morgan fingerprint density at radius 1 is 1.16 bits per heavy atom. The summed E-state index contributed by atoms with van der Waals surface area (Å²) in [5.41, 5.74) is 2.25. The van der Waals surface area contributed by atoms with Gasteiger partial charge in [-0.3, -0.25) is 14.4 Å². The molecule has 0 aromatic heterocycles. The number of amides is 2. The first-order chi connectivity index (χ1) is 12.0. The smallest absolute Gasteiger partial charge is 0.260 e. The van der Waals surface area contributed by atoms with Crippen LogP contribution in [0.3, 0.4) is 0 Å². The van der Waals surface area contributed by atoms with E-state index in [4.69, 9.17) is 4.74 Å². The molecule has 0 unspecified atom stereocenters. The van der Waals surface area contributed by atoms with Crippen LogP contribution >= 0.6 is 0 Å². The Morgan fingerprint density at radius 3 is 2.56 bits per heavy atom. The molecule has 6 nitrogen and oxygen atoms in total. The van der Waals surface area contributed by atoms with Crippen LogP contribution in [0.4, 0.5) is 5.69 Å². The lowest BCUT2D eigenvalue weighted by Crippen LogP contribution is -2.37. The predicted octanol–water partition coefficient (Wildman–Crippen LogP) is 2.28. The number of hydrogen-bond donors (Lipinski definition) is 1. The van der Waals surface area contributed by atoms with Crippen LogP contribution in [0.15, 0.2) is 48.5 Å². The molecule has 2 aromatic carbocycles. The van der Waals surface area contributed by atoms with Crippen molar-refractivity contribution in [3.8, 4) is 5.75 Å². The lowest BCUT2D eigenvalue weighted by Gasteiger charge is -2.17. The third kappa shape index (κ3) is 5.76. The summed E-state index contributed by atoms with van der Waals surface area (Å²) in [5.74, 6) is -0.200. The predicted molar refractivity (Wildman–Crippen MR) is 94.8 cm³/mol. The van der Waals surface area contributed by atoms with Crippen molar-refractivity contribution < 1.29 is 19.1 Å². The second-order valence-electron chi connectivity index (χ2n) is 5.64. The highest BCUT2D eigenvalue weighted by Gasteiger charge is 2.14. The normalized spacial score (nSPS) is 10.0. The van der Waals surface area contributed by atoms with Crippen molar-refractivity contribution in [1.29, 1.82) is 0 Å². The lowest BCUT2D eigenvalue weighted by molar-refractivity contribution is -0.135. The van der Waals surface area contributed by atoms with E-state index >= 15 is 0 Å². The number of ether oxygens (including phenoxy) is 1. The van der Waals surface area contributed by atoms with Gasteiger partial charge in [0.1, 0.15) is 12.0 Å². The number of aldehydes is 1. The van der Waals surface area contributed by atoms with Crippen molar-refractivity contribution in [3.05, 3.63) is 59.7 Å². The van der Waals surface area contributed by atoms with Crippen LogP contribution in [-0.4, -0.2) is 43.2 Å². The SMILES string of the molecule is Cc1ccc(NC(=O)CN(C)C(=O)COc2cccc(C=O)c2)cc1. The molecular weight excluding hydrogens is 320 g/mol. The molecule has 1 N–H and O–H groups in total. The van der Waals surface area contributed by atoms with E-state index in [1.807, 2.05) is 19.1 Å². The third-order valence-corrected chi connectivity index (χ3v) is 3.50. The first-order valence-electron chi connectivity index (χ1n) is 7.76. The number of likely N-dealkylation sites (N-methyl/N-ethyl adjacent to an activating group) is 1. The summed E-state index contributed by atoms with van der Waals surface area (Å²) < 4.78 is 5.36. The maximum absolute atomic E-state index is 12.1. The Labute approximate surface area is 146 Å². The van der Waals surface area contributed by atoms with Gasteiger partial charge in [-0.25, -0.2) is 0 Å². The van der Waals surface area contributed by atoms with Gasteiger partial charge in [-0.2, -0.15) is 0 Å². The molecule has 25 heavy (non-hydrogen) atoms. The largest absolute Gasteiger partial charge is 0.484 e. The second-order valence-corrected chi connectivity index (χ2v) is 5.64. The average Bonchev–Trinajstić information content (AvgIpc) is 2.61. The molecule has 0 spiro atoms. The maximum Gasteiger partial charge on any atom is 0.260 e. The van der Waals surface area contributed by atoms with Gasteiger partial charge in [0.05, 0.1) is 6.54 Å². The fourth-order valence-electron chi connectivity index (χ4n) is 2.07. The topological polar surface area (TPSA) is 75.7 Å². The van der Waals surface area contributed by atoms with Gasteiger partial charge in [-0.1, -0.05) is 29.8 Å². The lowest BCUT2D eigenvalue weighted by atomic mass is 10.2. The van der Waals surface area contributed by atoms with Crippen LogP contribution < -0.4 is 10.1 Å². The number of carbonyl (C=O) groups is 3. The second kappa shape index (κ2) is 8.63. The monoisotopic (exact) mass is 340 g/mol. The van der Waals surface area contributed by atoms with E-state index in [9.17, 15) is 14.4 Å². The van der Waals surface area contributed by atoms with Crippen molar-refractivity contribution in [3.63, 3.8) is 0 Å². The molecule has 130 valence electrons. The highest BCUT2D eigenvalue weighted by molar-refractivity contribution is 5.94. The zero-order valence-corrected chi connectivity index (χ0v) is 14.2. The van der Waals surface area contributed by atoms with E-state index in [-0.39, 0.29) is 25.0 Å². The number of nitrogens with one attached hydrogen (secondary N) is 1. The van der Waals surface area contributed by atoms with Crippen molar-refractivity contribution in [1.82, 2.24) is 4.90 Å². The Balaban J connectivity index is 1.81. The number of carbonyl (C=O) groups excluding carboxylic acids is 3. The fourth-order valence-corrected chi connectivity index (χ4v) is 2.07. The Kier molecular flexibility index (Phi) is 6.28. The summed E-state index contributed by atoms with van der Waals surface area (Å²) in [6.45, 7) is 1.67. The molecule has 0 bridgehead atoms. The summed E-state index contributed by atoms with van der Waals surface area (Å²) in [5, 5.41) is 2.73. The molecule has 2 amide bonds. The van der Waals surface area contributed by atoms with E-state index < -0.39 is 0 Å².